The molecule has 0 saturated carbocycles. The highest BCUT2D eigenvalue weighted by atomic mass is 32.2. The summed E-state index contributed by atoms with van der Waals surface area (Å²) in [4.78, 5) is 17.0. The Morgan fingerprint density at radius 2 is 0.414 bits per heavy atom. The Hall–Kier alpha value is -2.37. The van der Waals surface area contributed by atoms with Crippen LogP contribution in [-0.2, 0) is 4.57 Å². The lowest BCUT2D eigenvalue weighted by molar-refractivity contribution is -0.495. The van der Waals surface area contributed by atoms with E-state index in [0.717, 1.165) is 0 Å². The SMILES string of the molecule is O=P(O)(O)CCSCCC(F)(F)C(F)(F)C(F)(F)C(F)(F)C(F)(F)C(F)(F)C(F)(F)C(F)(F)C(F)(F)C(F)(F)C(F)(F)C(F)(F)C(F)(F)C(F)(F)C(F)(F)C(F)(F)C(F)(F)C(F)(F)C(F)(F)C(F)(F)F. The third kappa shape index (κ3) is 8.59. The highest BCUT2D eigenvalue weighted by molar-refractivity contribution is 7.99. The third-order valence-electron chi connectivity index (χ3n) is 8.61. The molecule has 2 N–H and O–H groups in total. The molecule has 422 valence electrons. The van der Waals surface area contributed by atoms with Crippen molar-refractivity contribution in [3.8, 4) is 0 Å². The fourth-order valence-electron chi connectivity index (χ4n) is 4.21. The summed E-state index contributed by atoms with van der Waals surface area (Å²) in [5.74, 6) is -192. The molecule has 0 saturated heterocycles. The summed E-state index contributed by atoms with van der Waals surface area (Å²) < 4.78 is 575. The maximum absolute atomic E-state index is 14.1. The Morgan fingerprint density at radius 3 is 0.571 bits per heavy atom. The Labute approximate surface area is 357 Å². The minimum absolute atomic E-state index is 0.498. The molecule has 0 aromatic heterocycles. The number of halogens is 41. The number of alkyl halides is 41. The molecule has 0 unspecified atom stereocenters. The van der Waals surface area contributed by atoms with E-state index >= 15 is 0 Å². The summed E-state index contributed by atoms with van der Waals surface area (Å²) >= 11 is -0.498. The second-order valence-electron chi connectivity index (χ2n) is 13.3. The summed E-state index contributed by atoms with van der Waals surface area (Å²) in [5.41, 5.74) is 0. The Balaban J connectivity index is 7.79. The zero-order chi connectivity index (χ0) is 58.0. The number of thioether (sulfide) groups is 1. The molecule has 0 aromatic rings. The Kier molecular flexibility index (Phi) is 16.8. The van der Waals surface area contributed by atoms with E-state index in [4.69, 9.17) is 9.79 Å². The molecule has 0 aliphatic carbocycles. The zero-order valence-corrected chi connectivity index (χ0v) is 32.2. The summed E-state index contributed by atoms with van der Waals surface area (Å²) in [5, 5.41) is 0. The quantitative estimate of drug-likeness (QED) is 0.0574. The Morgan fingerprint density at radius 1 is 0.257 bits per heavy atom. The van der Waals surface area contributed by atoms with Crippen LogP contribution in [0.4, 0.5) is 180 Å². The highest BCUT2D eigenvalue weighted by Gasteiger charge is 3.03. The molecule has 46 heteroatoms. The fraction of sp³-hybridized carbons (Fsp3) is 1.00. The van der Waals surface area contributed by atoms with E-state index in [1.165, 1.54) is 0 Å². The Bertz CT molecular complexity index is 1910. The van der Waals surface area contributed by atoms with Gasteiger partial charge in [-0.2, -0.15) is 192 Å². The third-order valence-corrected chi connectivity index (χ3v) is 10.7. The molecule has 0 rings (SSSR count). The van der Waals surface area contributed by atoms with Crippen molar-refractivity contribution in [1.82, 2.24) is 0 Å². The van der Waals surface area contributed by atoms with Gasteiger partial charge in [0.25, 0.3) is 0 Å². The van der Waals surface area contributed by atoms with Gasteiger partial charge in [0.1, 0.15) is 0 Å². The first-order valence-corrected chi connectivity index (χ1v) is 18.3. The minimum Gasteiger partial charge on any atom is -0.324 e. The molecule has 0 radical (unpaired) electrons. The van der Waals surface area contributed by atoms with Crippen LogP contribution in [0.2, 0.25) is 0 Å². The predicted octanol–water partition coefficient (Wildman–Crippen LogP) is 13.9. The van der Waals surface area contributed by atoms with Crippen LogP contribution in [0.3, 0.4) is 0 Å². The zero-order valence-electron chi connectivity index (χ0n) is 30.5. The van der Waals surface area contributed by atoms with Crippen molar-refractivity contribution in [3.63, 3.8) is 0 Å². The molecule has 0 bridgehead atoms. The molecular weight excluding hydrogens is 1180 g/mol. The van der Waals surface area contributed by atoms with E-state index in [1.54, 1.807) is 0 Å². The van der Waals surface area contributed by atoms with Gasteiger partial charge < -0.3 is 9.79 Å². The average molecular weight is 1190 g/mol. The summed E-state index contributed by atoms with van der Waals surface area (Å²) in [6.07, 6.45) is -13.2. The van der Waals surface area contributed by atoms with E-state index in [0.29, 0.717) is 0 Å². The largest absolute Gasteiger partial charge is 0.460 e. The van der Waals surface area contributed by atoms with Crippen LogP contribution in [-0.4, -0.2) is 146 Å². The van der Waals surface area contributed by atoms with Crippen molar-refractivity contribution >= 4 is 19.4 Å². The van der Waals surface area contributed by atoms with Crippen LogP contribution in [0.1, 0.15) is 6.42 Å². The van der Waals surface area contributed by atoms with Gasteiger partial charge >= 0.3 is 126 Å². The van der Waals surface area contributed by atoms with Crippen molar-refractivity contribution in [2.75, 3.05) is 17.7 Å². The minimum atomic E-state index is -10.6. The number of hydrogen-bond acceptors (Lipinski definition) is 2. The monoisotopic (exact) mass is 1190 g/mol. The molecule has 0 heterocycles. The van der Waals surface area contributed by atoms with Gasteiger partial charge in [0.15, 0.2) is 0 Å². The van der Waals surface area contributed by atoms with Crippen molar-refractivity contribution in [3.05, 3.63) is 0 Å². The molecule has 70 heavy (non-hydrogen) atoms. The topological polar surface area (TPSA) is 57.5 Å². The van der Waals surface area contributed by atoms with Gasteiger partial charge in [0.05, 0.1) is 6.16 Å². The lowest BCUT2D eigenvalue weighted by atomic mass is 9.81. The lowest BCUT2D eigenvalue weighted by Gasteiger charge is -2.47. The van der Waals surface area contributed by atoms with Crippen molar-refractivity contribution in [1.29, 1.82) is 0 Å². The van der Waals surface area contributed by atoms with Crippen LogP contribution in [0.15, 0.2) is 0 Å². The van der Waals surface area contributed by atoms with Gasteiger partial charge in [-0.05, 0) is 5.75 Å². The smallest absolute Gasteiger partial charge is 0.324 e. The van der Waals surface area contributed by atoms with E-state index in [9.17, 15) is 185 Å². The van der Waals surface area contributed by atoms with Crippen LogP contribution in [0.25, 0.3) is 0 Å². The van der Waals surface area contributed by atoms with Crippen molar-refractivity contribution in [2.24, 2.45) is 0 Å². The average Bonchev–Trinajstić information content (AvgIpc) is 3.11. The molecule has 0 fully saturated rings. The summed E-state index contributed by atoms with van der Waals surface area (Å²) in [6.45, 7) is 0. The molecule has 0 amide bonds. The maximum Gasteiger partial charge on any atom is 0.460 e. The van der Waals surface area contributed by atoms with Crippen LogP contribution < -0.4 is 0 Å². The number of hydrogen-bond donors (Lipinski definition) is 2. The molecule has 0 aliphatic rings. The normalized spacial score (nSPS) is 17.1. The van der Waals surface area contributed by atoms with Crippen molar-refractivity contribution in [2.45, 2.75) is 125 Å². The second-order valence-corrected chi connectivity index (χ2v) is 16.3. The van der Waals surface area contributed by atoms with Gasteiger partial charge in [-0.15, -0.1) is 0 Å². The molecule has 0 spiro atoms. The van der Waals surface area contributed by atoms with Crippen LogP contribution >= 0.6 is 19.4 Å². The molecular formula is C24H10F41O3PS. The van der Waals surface area contributed by atoms with E-state index in [2.05, 4.69) is 0 Å². The van der Waals surface area contributed by atoms with E-state index < -0.39 is 162 Å². The van der Waals surface area contributed by atoms with Gasteiger partial charge in [-0.25, -0.2) is 0 Å². The molecule has 3 nitrogen and oxygen atoms in total. The summed E-state index contributed by atoms with van der Waals surface area (Å²) in [7, 11) is -5.16. The molecule has 0 aliphatic heterocycles. The maximum atomic E-state index is 14.1. The first-order chi connectivity index (χ1) is 29.5. The van der Waals surface area contributed by atoms with Crippen molar-refractivity contribution < 1.29 is 194 Å². The second kappa shape index (κ2) is 17.3. The lowest BCUT2D eigenvalue weighted by Crippen LogP contribution is -2.80. The predicted molar refractivity (Wildman–Crippen MR) is 139 cm³/mol. The molecule has 0 aromatic carbocycles. The van der Waals surface area contributed by atoms with Gasteiger partial charge in [-0.1, -0.05) is 0 Å². The van der Waals surface area contributed by atoms with E-state index in [1.807, 2.05) is 0 Å². The van der Waals surface area contributed by atoms with E-state index in [-0.39, 0.29) is 0 Å². The van der Waals surface area contributed by atoms with Gasteiger partial charge in [0.2, 0.25) is 0 Å². The first kappa shape index (κ1) is 67.6. The standard InChI is InChI=1S/C24H10F41O3PS/c25-5(26,1-3-70-4-2-69(66,67)68)6(27,28)7(29,30)8(31,32)9(33,34)10(35,36)11(37,38)12(39,40)13(41,42)14(43,44)15(45,46)16(47,48)17(49,50)18(51,52)19(53,54)20(55,56)21(57,58)22(59,60)23(61,62)24(63,64)65/h1-4H2,(H2,66,67,68). The van der Waals surface area contributed by atoms with Gasteiger partial charge in [-0.3, -0.25) is 4.57 Å². The fourth-order valence-corrected chi connectivity index (χ4v) is 6.28. The summed E-state index contributed by atoms with van der Waals surface area (Å²) in [6, 6.07) is 0. The van der Waals surface area contributed by atoms with Crippen LogP contribution in [0.5, 0.6) is 0 Å². The van der Waals surface area contributed by atoms with Gasteiger partial charge in [0, 0.05) is 12.2 Å². The van der Waals surface area contributed by atoms with Crippen LogP contribution in [0, 0.1) is 0 Å². The molecule has 0 atom stereocenters. The number of rotatable bonds is 24. The highest BCUT2D eigenvalue weighted by Crippen LogP contribution is 2.71. The first-order valence-electron chi connectivity index (χ1n) is 15.3.